The van der Waals surface area contributed by atoms with E-state index < -0.39 is 11.6 Å². The Balaban J connectivity index is 1.82. The molecule has 30 heavy (non-hydrogen) atoms. The summed E-state index contributed by atoms with van der Waals surface area (Å²) in [4.78, 5) is 20.5. The molecular formula is C23H26ClN3O3. The van der Waals surface area contributed by atoms with Gasteiger partial charge in [-0.3, -0.25) is 9.79 Å². The van der Waals surface area contributed by atoms with Gasteiger partial charge in [-0.1, -0.05) is 48.0 Å². The second kappa shape index (κ2) is 8.66. The summed E-state index contributed by atoms with van der Waals surface area (Å²) in [5.74, 6) is 0.417. The maximum Gasteiger partial charge on any atom is 0.255 e. The van der Waals surface area contributed by atoms with Crippen molar-refractivity contribution < 1.29 is 14.6 Å². The molecule has 6 nitrogen and oxygen atoms in total. The highest BCUT2D eigenvalue weighted by Gasteiger charge is 2.54. The molecule has 7 heteroatoms. The van der Waals surface area contributed by atoms with Crippen molar-refractivity contribution >= 4 is 23.8 Å². The number of amides is 1. The number of nitrogens with one attached hydrogen (secondary N) is 1. The van der Waals surface area contributed by atoms with Crippen LogP contribution >= 0.6 is 11.6 Å². The quantitative estimate of drug-likeness (QED) is 0.632. The van der Waals surface area contributed by atoms with Crippen molar-refractivity contribution in [2.45, 2.75) is 24.4 Å². The van der Waals surface area contributed by atoms with Crippen LogP contribution in [-0.2, 0) is 15.1 Å². The van der Waals surface area contributed by atoms with Gasteiger partial charge in [0.05, 0.1) is 19.0 Å². The number of nitrogens with zero attached hydrogens (tertiary/aromatic N) is 2. The van der Waals surface area contributed by atoms with Crippen LogP contribution in [0.15, 0.2) is 53.5 Å². The minimum atomic E-state index is -1.23. The Morgan fingerprint density at radius 2 is 2.07 bits per heavy atom. The van der Waals surface area contributed by atoms with Crippen molar-refractivity contribution in [2.75, 3.05) is 26.8 Å². The van der Waals surface area contributed by atoms with Gasteiger partial charge in [-0.05, 0) is 36.5 Å². The molecule has 1 saturated carbocycles. The van der Waals surface area contributed by atoms with Crippen LogP contribution in [0.4, 0.5) is 0 Å². The summed E-state index contributed by atoms with van der Waals surface area (Å²) in [5, 5.41) is 14.2. The first kappa shape index (κ1) is 20.7. The normalized spacial score (nSPS) is 23.0. The van der Waals surface area contributed by atoms with E-state index in [0.29, 0.717) is 29.7 Å². The molecule has 2 aliphatic rings. The fourth-order valence-corrected chi connectivity index (χ4v) is 4.25. The highest BCUT2D eigenvalue weighted by molar-refractivity contribution is 6.30. The van der Waals surface area contributed by atoms with Crippen molar-refractivity contribution in [3.05, 3.63) is 64.7 Å². The van der Waals surface area contributed by atoms with E-state index in [2.05, 4.69) is 10.2 Å². The van der Waals surface area contributed by atoms with E-state index in [0.717, 1.165) is 12.1 Å². The topological polar surface area (TPSA) is 74.2 Å². The summed E-state index contributed by atoms with van der Waals surface area (Å²) in [7, 11) is 1.60. The molecule has 4 rings (SSSR count). The molecule has 2 N–H and O–H groups in total. The molecule has 158 valence electrons. The molecule has 1 fully saturated rings. The first-order valence-electron chi connectivity index (χ1n) is 10.2. The number of halogens is 1. The zero-order valence-electron chi connectivity index (χ0n) is 16.9. The lowest BCUT2D eigenvalue weighted by Gasteiger charge is -2.37. The van der Waals surface area contributed by atoms with Gasteiger partial charge < -0.3 is 20.1 Å². The van der Waals surface area contributed by atoms with E-state index in [9.17, 15) is 9.90 Å². The summed E-state index contributed by atoms with van der Waals surface area (Å²) in [5.41, 5.74) is 0.173. The SMILES string of the molecule is COCCNC(=O)[C@]1(c2ccccc2)N=CN(CC2CC2)[C@H]1c1ccc(Cl)cc1O. The van der Waals surface area contributed by atoms with Crippen molar-refractivity contribution in [3.63, 3.8) is 0 Å². The predicted molar refractivity (Wildman–Crippen MR) is 117 cm³/mol. The number of aromatic hydroxyl groups is 1. The minimum Gasteiger partial charge on any atom is -0.508 e. The van der Waals surface area contributed by atoms with Gasteiger partial charge in [0.2, 0.25) is 0 Å². The highest BCUT2D eigenvalue weighted by atomic mass is 35.5. The van der Waals surface area contributed by atoms with Gasteiger partial charge in [0, 0.05) is 30.8 Å². The highest BCUT2D eigenvalue weighted by Crippen LogP contribution is 2.49. The summed E-state index contributed by atoms with van der Waals surface area (Å²) in [6, 6.07) is 14.1. The van der Waals surface area contributed by atoms with Crippen LogP contribution in [0.25, 0.3) is 0 Å². The van der Waals surface area contributed by atoms with Gasteiger partial charge in [-0.15, -0.1) is 0 Å². The molecule has 0 aromatic heterocycles. The predicted octanol–water partition coefficient (Wildman–Crippen LogP) is 3.50. The Labute approximate surface area is 181 Å². The smallest absolute Gasteiger partial charge is 0.255 e. The van der Waals surface area contributed by atoms with Crippen LogP contribution < -0.4 is 5.32 Å². The van der Waals surface area contributed by atoms with Gasteiger partial charge in [-0.2, -0.15) is 0 Å². The fourth-order valence-electron chi connectivity index (χ4n) is 4.09. The molecular weight excluding hydrogens is 402 g/mol. The molecule has 2 aromatic rings. The third-order valence-electron chi connectivity index (χ3n) is 5.74. The number of hydrogen-bond acceptors (Lipinski definition) is 5. The van der Waals surface area contributed by atoms with Gasteiger partial charge in [0.15, 0.2) is 5.54 Å². The van der Waals surface area contributed by atoms with Crippen LogP contribution in [0.3, 0.4) is 0 Å². The summed E-state index contributed by atoms with van der Waals surface area (Å²) in [6.07, 6.45) is 4.10. The lowest BCUT2D eigenvalue weighted by molar-refractivity contribution is -0.128. The molecule has 0 unspecified atom stereocenters. The van der Waals surface area contributed by atoms with Gasteiger partial charge in [0.1, 0.15) is 5.75 Å². The van der Waals surface area contributed by atoms with Crippen molar-refractivity contribution in [1.29, 1.82) is 0 Å². The Bertz CT molecular complexity index is 933. The van der Waals surface area contributed by atoms with E-state index in [1.165, 1.54) is 18.9 Å². The Morgan fingerprint density at radius 3 is 2.73 bits per heavy atom. The lowest BCUT2D eigenvalue weighted by atomic mass is 9.78. The first-order valence-corrected chi connectivity index (χ1v) is 10.6. The minimum absolute atomic E-state index is 0.0591. The molecule has 1 heterocycles. The third-order valence-corrected chi connectivity index (χ3v) is 5.98. The number of rotatable bonds is 8. The number of phenolic OH excluding ortho intramolecular Hbond substituents is 1. The zero-order valence-corrected chi connectivity index (χ0v) is 17.7. The van der Waals surface area contributed by atoms with E-state index in [-0.39, 0.29) is 11.7 Å². The van der Waals surface area contributed by atoms with Crippen LogP contribution in [0, 0.1) is 5.92 Å². The Hall–Kier alpha value is -2.57. The van der Waals surface area contributed by atoms with Crippen LogP contribution in [0.2, 0.25) is 5.02 Å². The summed E-state index contributed by atoms with van der Waals surface area (Å²) in [6.45, 7) is 1.57. The van der Waals surface area contributed by atoms with Crippen LogP contribution in [0.1, 0.15) is 30.0 Å². The van der Waals surface area contributed by atoms with Gasteiger partial charge in [-0.25, -0.2) is 0 Å². The second-order valence-corrected chi connectivity index (χ2v) is 8.31. The fraction of sp³-hybridized carbons (Fsp3) is 0.391. The Kier molecular flexibility index (Phi) is 5.97. The molecule has 1 amide bonds. The van der Waals surface area contributed by atoms with Gasteiger partial charge in [0.25, 0.3) is 5.91 Å². The van der Waals surface area contributed by atoms with Crippen LogP contribution in [0.5, 0.6) is 5.75 Å². The number of aliphatic imine (C=N–C) groups is 1. The van der Waals surface area contributed by atoms with E-state index in [1.807, 2.05) is 30.3 Å². The average Bonchev–Trinajstić information content (AvgIpc) is 3.48. The molecule has 1 aliphatic heterocycles. The van der Waals surface area contributed by atoms with Gasteiger partial charge >= 0.3 is 0 Å². The number of benzene rings is 2. The van der Waals surface area contributed by atoms with Crippen molar-refractivity contribution in [2.24, 2.45) is 10.9 Å². The molecule has 2 atom stereocenters. The second-order valence-electron chi connectivity index (χ2n) is 7.87. The Morgan fingerprint density at radius 1 is 1.30 bits per heavy atom. The number of carbonyl (C=O) groups excluding carboxylic acids is 1. The first-order chi connectivity index (χ1) is 14.6. The van der Waals surface area contributed by atoms with E-state index in [4.69, 9.17) is 21.3 Å². The summed E-state index contributed by atoms with van der Waals surface area (Å²) < 4.78 is 5.10. The maximum absolute atomic E-state index is 13.6. The molecule has 0 radical (unpaired) electrons. The molecule has 2 aromatic carbocycles. The standard InChI is InChI=1S/C23H26ClN3O3/c1-30-12-11-25-22(29)23(17-5-3-2-4-6-17)21(19-10-9-18(24)13-20(19)28)27(15-26-23)14-16-7-8-16/h2-6,9-10,13,15-16,21,28H,7-8,11-12,14H2,1H3,(H,25,29)/t21-,23+/m0/s1. The average molecular weight is 428 g/mol. The monoisotopic (exact) mass is 427 g/mol. The molecule has 0 spiro atoms. The van der Waals surface area contributed by atoms with Crippen LogP contribution in [-0.4, -0.2) is 49.1 Å². The zero-order chi connectivity index (χ0) is 21.1. The van der Waals surface area contributed by atoms with E-state index in [1.54, 1.807) is 25.6 Å². The number of hydrogen-bond donors (Lipinski definition) is 2. The molecule has 1 aliphatic carbocycles. The van der Waals surface area contributed by atoms with E-state index >= 15 is 0 Å². The third kappa shape index (κ3) is 3.89. The number of ether oxygens (including phenoxy) is 1. The van der Waals surface area contributed by atoms with Crippen molar-refractivity contribution in [1.82, 2.24) is 10.2 Å². The number of carbonyl (C=O) groups is 1. The number of phenols is 1. The maximum atomic E-state index is 13.6. The summed E-state index contributed by atoms with van der Waals surface area (Å²) >= 11 is 6.09. The lowest BCUT2D eigenvalue weighted by Crippen LogP contribution is -2.49. The number of methoxy groups -OCH3 is 1. The molecule has 0 bridgehead atoms. The van der Waals surface area contributed by atoms with Crippen molar-refractivity contribution in [3.8, 4) is 5.75 Å². The largest absolute Gasteiger partial charge is 0.508 e. The molecule has 0 saturated heterocycles.